The SMILES string of the molecule is CCC(CC)C(O)CNC(=O)CN1CCC(C)CC1. The van der Waals surface area contributed by atoms with Gasteiger partial charge in [0.1, 0.15) is 0 Å². The van der Waals surface area contributed by atoms with Gasteiger partial charge in [-0.25, -0.2) is 0 Å². The van der Waals surface area contributed by atoms with E-state index in [9.17, 15) is 9.90 Å². The van der Waals surface area contributed by atoms with Gasteiger partial charge in [0.05, 0.1) is 12.6 Å². The molecule has 1 atom stereocenters. The average molecular weight is 270 g/mol. The number of hydrogen-bond donors (Lipinski definition) is 2. The number of rotatable bonds is 7. The van der Waals surface area contributed by atoms with Gasteiger partial charge in [0.2, 0.25) is 5.91 Å². The zero-order valence-corrected chi connectivity index (χ0v) is 12.7. The molecule has 0 saturated carbocycles. The molecule has 1 amide bonds. The highest BCUT2D eigenvalue weighted by molar-refractivity contribution is 5.78. The fraction of sp³-hybridized carbons (Fsp3) is 0.933. The Hall–Kier alpha value is -0.610. The first-order valence-electron chi connectivity index (χ1n) is 7.73. The van der Waals surface area contributed by atoms with E-state index in [0.29, 0.717) is 13.1 Å². The standard InChI is InChI=1S/C15H30N2O2/c1-4-13(5-2)14(18)10-16-15(19)11-17-8-6-12(3)7-9-17/h12-14,18H,4-11H2,1-3H3,(H,16,19). The average Bonchev–Trinajstić information content (AvgIpc) is 2.40. The van der Waals surface area contributed by atoms with Gasteiger partial charge in [-0.1, -0.05) is 33.6 Å². The molecule has 0 bridgehead atoms. The van der Waals surface area contributed by atoms with Gasteiger partial charge in [0.25, 0.3) is 0 Å². The smallest absolute Gasteiger partial charge is 0.234 e. The third-order valence-electron chi connectivity index (χ3n) is 4.34. The van der Waals surface area contributed by atoms with E-state index in [1.54, 1.807) is 0 Å². The Balaban J connectivity index is 2.20. The van der Waals surface area contributed by atoms with Crippen LogP contribution in [0.1, 0.15) is 46.5 Å². The van der Waals surface area contributed by atoms with Crippen LogP contribution in [0.3, 0.4) is 0 Å². The van der Waals surface area contributed by atoms with Crippen molar-refractivity contribution in [2.75, 3.05) is 26.2 Å². The van der Waals surface area contributed by atoms with E-state index >= 15 is 0 Å². The molecule has 0 aromatic rings. The number of carbonyl (C=O) groups excluding carboxylic acids is 1. The lowest BCUT2D eigenvalue weighted by Crippen LogP contribution is -2.44. The number of amides is 1. The number of nitrogens with zero attached hydrogens (tertiary/aromatic N) is 1. The minimum absolute atomic E-state index is 0.0413. The van der Waals surface area contributed by atoms with Crippen molar-refractivity contribution in [3.63, 3.8) is 0 Å². The summed E-state index contributed by atoms with van der Waals surface area (Å²) in [6.07, 6.45) is 3.86. The molecule has 1 heterocycles. The maximum atomic E-state index is 11.8. The molecule has 19 heavy (non-hydrogen) atoms. The lowest BCUT2D eigenvalue weighted by Gasteiger charge is -2.29. The first kappa shape index (κ1) is 16.4. The Kier molecular flexibility index (Phi) is 7.39. The largest absolute Gasteiger partial charge is 0.391 e. The Bertz CT molecular complexity index is 259. The Morgan fingerprint density at radius 1 is 1.32 bits per heavy atom. The monoisotopic (exact) mass is 270 g/mol. The van der Waals surface area contributed by atoms with Crippen molar-refractivity contribution in [3.05, 3.63) is 0 Å². The second-order valence-electron chi connectivity index (χ2n) is 5.91. The van der Waals surface area contributed by atoms with Crippen LogP contribution in [0.4, 0.5) is 0 Å². The number of likely N-dealkylation sites (tertiary alicyclic amines) is 1. The highest BCUT2D eigenvalue weighted by Gasteiger charge is 2.19. The predicted octanol–water partition coefficient (Wildman–Crippen LogP) is 1.63. The predicted molar refractivity (Wildman–Crippen MR) is 77.9 cm³/mol. The molecule has 4 heteroatoms. The summed E-state index contributed by atoms with van der Waals surface area (Å²) in [6.45, 7) is 9.32. The van der Waals surface area contributed by atoms with Crippen molar-refractivity contribution in [3.8, 4) is 0 Å². The van der Waals surface area contributed by atoms with Crippen LogP contribution in [0.5, 0.6) is 0 Å². The van der Waals surface area contributed by atoms with E-state index in [0.717, 1.165) is 31.8 Å². The van der Waals surface area contributed by atoms with Gasteiger partial charge in [-0.2, -0.15) is 0 Å². The third kappa shape index (κ3) is 5.91. The topological polar surface area (TPSA) is 52.6 Å². The number of hydrogen-bond acceptors (Lipinski definition) is 3. The van der Waals surface area contributed by atoms with Crippen molar-refractivity contribution >= 4 is 5.91 Å². The molecule has 1 fully saturated rings. The molecule has 0 aliphatic carbocycles. The van der Waals surface area contributed by atoms with E-state index in [2.05, 4.69) is 31.0 Å². The van der Waals surface area contributed by atoms with Gasteiger partial charge in [-0.3, -0.25) is 9.69 Å². The van der Waals surface area contributed by atoms with Gasteiger partial charge in [-0.05, 0) is 37.8 Å². The molecule has 1 aliphatic rings. The molecule has 1 rings (SSSR count). The molecule has 4 nitrogen and oxygen atoms in total. The maximum Gasteiger partial charge on any atom is 0.234 e. The molecule has 0 radical (unpaired) electrons. The van der Waals surface area contributed by atoms with E-state index in [1.807, 2.05) is 0 Å². The summed E-state index contributed by atoms with van der Waals surface area (Å²) < 4.78 is 0. The first-order valence-corrected chi connectivity index (χ1v) is 7.73. The minimum Gasteiger partial charge on any atom is -0.391 e. The van der Waals surface area contributed by atoms with Gasteiger partial charge in [0.15, 0.2) is 0 Å². The van der Waals surface area contributed by atoms with Crippen molar-refractivity contribution in [1.82, 2.24) is 10.2 Å². The summed E-state index contributed by atoms with van der Waals surface area (Å²) in [5.41, 5.74) is 0. The van der Waals surface area contributed by atoms with Crippen LogP contribution >= 0.6 is 0 Å². The van der Waals surface area contributed by atoms with Crippen LogP contribution in [0.2, 0.25) is 0 Å². The van der Waals surface area contributed by atoms with Crippen LogP contribution in [-0.2, 0) is 4.79 Å². The van der Waals surface area contributed by atoms with Crippen LogP contribution < -0.4 is 5.32 Å². The fourth-order valence-corrected chi connectivity index (χ4v) is 2.70. The Labute approximate surface area is 117 Å². The van der Waals surface area contributed by atoms with Crippen molar-refractivity contribution < 1.29 is 9.90 Å². The fourth-order valence-electron chi connectivity index (χ4n) is 2.70. The number of piperidine rings is 1. The summed E-state index contributed by atoms with van der Waals surface area (Å²) in [5, 5.41) is 12.8. The lowest BCUT2D eigenvalue weighted by atomic mass is 9.96. The number of carbonyl (C=O) groups is 1. The Morgan fingerprint density at radius 2 is 1.89 bits per heavy atom. The molecule has 1 unspecified atom stereocenters. The summed E-state index contributed by atoms with van der Waals surface area (Å²) in [7, 11) is 0. The quantitative estimate of drug-likeness (QED) is 0.739. The van der Waals surface area contributed by atoms with Gasteiger partial charge in [-0.15, -0.1) is 0 Å². The van der Waals surface area contributed by atoms with Crippen LogP contribution in [0.25, 0.3) is 0 Å². The van der Waals surface area contributed by atoms with Crippen molar-refractivity contribution in [1.29, 1.82) is 0 Å². The van der Waals surface area contributed by atoms with E-state index in [-0.39, 0.29) is 11.8 Å². The van der Waals surface area contributed by atoms with Crippen molar-refractivity contribution in [2.24, 2.45) is 11.8 Å². The van der Waals surface area contributed by atoms with E-state index < -0.39 is 6.10 Å². The summed E-state index contributed by atoms with van der Waals surface area (Å²) in [4.78, 5) is 14.0. The molecular formula is C15H30N2O2. The molecule has 0 aromatic carbocycles. The molecule has 112 valence electrons. The van der Waals surface area contributed by atoms with Gasteiger partial charge >= 0.3 is 0 Å². The third-order valence-corrected chi connectivity index (χ3v) is 4.34. The summed E-state index contributed by atoms with van der Waals surface area (Å²) in [6, 6.07) is 0. The molecule has 2 N–H and O–H groups in total. The van der Waals surface area contributed by atoms with Crippen LogP contribution in [-0.4, -0.2) is 48.2 Å². The lowest BCUT2D eigenvalue weighted by molar-refractivity contribution is -0.123. The van der Waals surface area contributed by atoms with E-state index in [1.165, 1.54) is 12.8 Å². The highest BCUT2D eigenvalue weighted by Crippen LogP contribution is 2.15. The second-order valence-corrected chi connectivity index (χ2v) is 5.91. The van der Waals surface area contributed by atoms with Crippen LogP contribution in [0.15, 0.2) is 0 Å². The van der Waals surface area contributed by atoms with Gasteiger partial charge in [0, 0.05) is 6.54 Å². The molecule has 0 aromatic heterocycles. The second kappa shape index (κ2) is 8.54. The zero-order chi connectivity index (χ0) is 14.3. The molecule has 1 saturated heterocycles. The maximum absolute atomic E-state index is 11.8. The van der Waals surface area contributed by atoms with Gasteiger partial charge < -0.3 is 10.4 Å². The zero-order valence-electron chi connectivity index (χ0n) is 12.7. The molecule has 0 spiro atoms. The highest BCUT2D eigenvalue weighted by atomic mass is 16.3. The first-order chi connectivity index (χ1) is 9.06. The summed E-state index contributed by atoms with van der Waals surface area (Å²) >= 11 is 0. The summed E-state index contributed by atoms with van der Waals surface area (Å²) in [5.74, 6) is 1.12. The number of aliphatic hydroxyl groups excluding tert-OH is 1. The van der Waals surface area contributed by atoms with Crippen LogP contribution in [0, 0.1) is 11.8 Å². The molecule has 1 aliphatic heterocycles. The van der Waals surface area contributed by atoms with Crippen molar-refractivity contribution in [2.45, 2.75) is 52.6 Å². The molecular weight excluding hydrogens is 240 g/mol. The minimum atomic E-state index is -0.416. The number of aliphatic hydroxyl groups is 1. The van der Waals surface area contributed by atoms with E-state index in [4.69, 9.17) is 0 Å². The normalized spacial score (nSPS) is 19.6. The number of nitrogens with one attached hydrogen (secondary N) is 1. The Morgan fingerprint density at radius 3 is 2.42 bits per heavy atom.